The molecule has 1 aliphatic heterocycles. The van der Waals surface area contributed by atoms with Crippen LogP contribution in [0.5, 0.6) is 0 Å². The van der Waals surface area contributed by atoms with E-state index in [-0.39, 0.29) is 34.2 Å². The Kier molecular flexibility index (Phi) is 7.88. The first kappa shape index (κ1) is 28.4. The maximum absolute atomic E-state index is 13.5. The third kappa shape index (κ3) is 5.57. The van der Waals surface area contributed by atoms with E-state index in [1.165, 1.54) is 23.9 Å². The zero-order valence-corrected chi connectivity index (χ0v) is 25.1. The number of benzene rings is 2. The third-order valence-corrected chi connectivity index (χ3v) is 9.56. The molecule has 0 radical (unpaired) electrons. The van der Waals surface area contributed by atoms with Crippen LogP contribution < -0.4 is 4.90 Å². The van der Waals surface area contributed by atoms with Crippen LogP contribution in [0.3, 0.4) is 0 Å². The van der Waals surface area contributed by atoms with Gasteiger partial charge in [-0.25, -0.2) is 14.2 Å². The van der Waals surface area contributed by atoms with E-state index >= 15 is 0 Å². The Hall–Kier alpha value is -2.58. The van der Waals surface area contributed by atoms with Crippen LogP contribution >= 0.6 is 23.1 Å². The number of aliphatic hydroxyl groups is 1. The van der Waals surface area contributed by atoms with Crippen LogP contribution in [0.2, 0.25) is 0 Å². The zero-order chi connectivity index (χ0) is 28.0. The van der Waals surface area contributed by atoms with Gasteiger partial charge in [-0.3, -0.25) is 0 Å². The molecule has 1 unspecified atom stereocenters. The van der Waals surface area contributed by atoms with Crippen molar-refractivity contribution >= 4 is 44.4 Å². The van der Waals surface area contributed by atoms with Crippen LogP contribution in [0.25, 0.3) is 10.2 Å². The molecule has 0 bridgehead atoms. The summed E-state index contributed by atoms with van der Waals surface area (Å²) < 4.78 is 20.6. The molecule has 0 saturated heterocycles. The lowest BCUT2D eigenvalue weighted by Crippen LogP contribution is -2.44. The Morgan fingerprint density at radius 1 is 1.24 bits per heavy atom. The van der Waals surface area contributed by atoms with Gasteiger partial charge in [-0.1, -0.05) is 69.9 Å². The normalized spacial score (nSPS) is 18.4. The number of cyclic esters (lactones) is 1. The number of ether oxygens (including phenoxy) is 1. The second kappa shape index (κ2) is 10.5. The van der Waals surface area contributed by atoms with E-state index < -0.39 is 11.6 Å². The number of aromatic nitrogens is 1. The summed E-state index contributed by atoms with van der Waals surface area (Å²) in [5.41, 5.74) is 3.03. The van der Waals surface area contributed by atoms with Gasteiger partial charge in [0, 0.05) is 25.4 Å². The average Bonchev–Trinajstić information content (AvgIpc) is 3.26. The fraction of sp³-hybridized carbons (Fsp3) is 0.467. The van der Waals surface area contributed by atoms with Crippen molar-refractivity contribution in [3.8, 4) is 0 Å². The Morgan fingerprint density at radius 2 is 1.89 bits per heavy atom. The Labute approximate surface area is 233 Å². The molecule has 1 aliphatic rings. The van der Waals surface area contributed by atoms with Gasteiger partial charge < -0.3 is 14.7 Å². The second-order valence-corrected chi connectivity index (χ2v) is 13.7. The van der Waals surface area contributed by atoms with Gasteiger partial charge in [0.2, 0.25) is 0 Å². The monoisotopic (exact) mass is 556 g/mol. The van der Waals surface area contributed by atoms with E-state index in [1.807, 2.05) is 39.8 Å². The molecule has 0 fully saturated rings. The molecule has 38 heavy (non-hydrogen) atoms. The van der Waals surface area contributed by atoms with Crippen molar-refractivity contribution in [1.29, 1.82) is 0 Å². The quantitative estimate of drug-likeness (QED) is 0.298. The number of rotatable bonds is 7. The summed E-state index contributed by atoms with van der Waals surface area (Å²) in [4.78, 5) is 21.5. The summed E-state index contributed by atoms with van der Waals surface area (Å²) in [5, 5.41) is 12.2. The second-order valence-electron chi connectivity index (χ2n) is 11.7. The molecular formula is C30H37FN2O3S2. The van der Waals surface area contributed by atoms with E-state index in [0.29, 0.717) is 12.8 Å². The van der Waals surface area contributed by atoms with Gasteiger partial charge in [0.05, 0.1) is 10.2 Å². The first-order valence-corrected chi connectivity index (χ1v) is 14.5. The number of hydrogen-bond acceptors (Lipinski definition) is 7. The standard InChI is InChI=1S/C30H37FN2O3S2/c1-17(2)30(14-13-19-9-11-20(31)12-10-19)16-21(34)25(27(35)36-30)37-22-15-18(3)24-26(23(22)29(4,5)6)38-28(32-24)33(7)8/h9-12,15,17,34H,13-14,16H2,1-8H3. The summed E-state index contributed by atoms with van der Waals surface area (Å²) in [7, 11) is 3.97. The number of anilines is 1. The molecule has 8 heteroatoms. The molecular weight excluding hydrogens is 519 g/mol. The maximum Gasteiger partial charge on any atom is 0.349 e. The van der Waals surface area contributed by atoms with Gasteiger partial charge in [-0.15, -0.1) is 0 Å². The summed E-state index contributed by atoms with van der Waals surface area (Å²) in [6.07, 6.45) is 1.40. The van der Waals surface area contributed by atoms with Crippen molar-refractivity contribution in [2.75, 3.05) is 19.0 Å². The number of esters is 1. The van der Waals surface area contributed by atoms with Crippen molar-refractivity contribution in [1.82, 2.24) is 4.98 Å². The first-order chi connectivity index (χ1) is 17.7. The highest BCUT2D eigenvalue weighted by molar-refractivity contribution is 8.04. The van der Waals surface area contributed by atoms with E-state index in [4.69, 9.17) is 9.72 Å². The van der Waals surface area contributed by atoms with Crippen molar-refractivity contribution < 1.29 is 19.0 Å². The average molecular weight is 557 g/mol. The van der Waals surface area contributed by atoms with Gasteiger partial charge in [0.15, 0.2) is 5.13 Å². The van der Waals surface area contributed by atoms with Gasteiger partial charge in [0.25, 0.3) is 0 Å². The minimum Gasteiger partial charge on any atom is -0.511 e. The van der Waals surface area contributed by atoms with Crippen molar-refractivity contribution in [2.45, 2.75) is 76.7 Å². The van der Waals surface area contributed by atoms with Crippen LogP contribution in [0, 0.1) is 18.7 Å². The van der Waals surface area contributed by atoms with E-state index in [2.05, 4.69) is 26.8 Å². The Balaban J connectivity index is 1.70. The van der Waals surface area contributed by atoms with E-state index in [9.17, 15) is 14.3 Å². The number of thioether (sulfide) groups is 1. The number of halogens is 1. The number of fused-ring (bicyclic) bond motifs is 1. The van der Waals surface area contributed by atoms with Crippen LogP contribution in [0.4, 0.5) is 9.52 Å². The lowest BCUT2D eigenvalue weighted by molar-refractivity contribution is -0.164. The topological polar surface area (TPSA) is 62.7 Å². The lowest BCUT2D eigenvalue weighted by atomic mass is 9.80. The van der Waals surface area contributed by atoms with Crippen LogP contribution in [0.1, 0.15) is 64.2 Å². The highest BCUT2D eigenvalue weighted by Crippen LogP contribution is 2.48. The van der Waals surface area contributed by atoms with E-state index in [0.717, 1.165) is 36.9 Å². The van der Waals surface area contributed by atoms with Crippen molar-refractivity contribution in [3.05, 3.63) is 63.5 Å². The Bertz CT molecular complexity index is 1390. The largest absolute Gasteiger partial charge is 0.511 e. The van der Waals surface area contributed by atoms with E-state index in [1.54, 1.807) is 23.5 Å². The molecule has 2 aromatic carbocycles. The molecule has 1 aromatic heterocycles. The minimum atomic E-state index is -0.829. The highest BCUT2D eigenvalue weighted by Gasteiger charge is 2.44. The summed E-state index contributed by atoms with van der Waals surface area (Å²) in [5.74, 6) is -0.721. The van der Waals surface area contributed by atoms with Gasteiger partial charge >= 0.3 is 5.97 Å². The predicted octanol–water partition coefficient (Wildman–Crippen LogP) is 7.94. The number of aliphatic hydroxyl groups excluding tert-OH is 1. The predicted molar refractivity (Wildman–Crippen MR) is 156 cm³/mol. The zero-order valence-electron chi connectivity index (χ0n) is 23.4. The lowest BCUT2D eigenvalue weighted by Gasteiger charge is -2.40. The number of hydrogen-bond donors (Lipinski definition) is 1. The molecule has 5 nitrogen and oxygen atoms in total. The van der Waals surface area contributed by atoms with Gasteiger partial charge in [-0.05, 0) is 66.0 Å². The smallest absolute Gasteiger partial charge is 0.349 e. The molecule has 2 heterocycles. The minimum absolute atomic E-state index is 0.00835. The third-order valence-electron chi connectivity index (χ3n) is 7.17. The van der Waals surface area contributed by atoms with Crippen molar-refractivity contribution in [2.24, 2.45) is 5.92 Å². The molecule has 0 saturated carbocycles. The molecule has 204 valence electrons. The molecule has 4 rings (SSSR count). The summed E-state index contributed by atoms with van der Waals surface area (Å²) >= 11 is 2.93. The number of nitrogens with zero attached hydrogens (tertiary/aromatic N) is 2. The SMILES string of the molecule is Cc1cc(SC2=C(O)CC(CCc3ccc(F)cc3)(C(C)C)OC2=O)c(C(C)(C)C)c2sc(N(C)C)nc12. The fourth-order valence-electron chi connectivity index (χ4n) is 4.89. The molecule has 3 aromatic rings. The first-order valence-electron chi connectivity index (χ1n) is 12.9. The Morgan fingerprint density at radius 3 is 2.45 bits per heavy atom. The number of carbonyl (C=O) groups excluding carboxylic acids is 1. The maximum atomic E-state index is 13.5. The summed E-state index contributed by atoms with van der Waals surface area (Å²) in [6.45, 7) is 12.5. The number of aryl methyl sites for hydroxylation is 2. The number of carbonyl (C=O) groups is 1. The van der Waals surface area contributed by atoms with Crippen LogP contribution in [0.15, 0.2) is 45.9 Å². The van der Waals surface area contributed by atoms with Gasteiger partial charge in [0.1, 0.15) is 22.1 Å². The molecule has 0 spiro atoms. The fourth-order valence-corrected chi connectivity index (χ4v) is 7.56. The molecule has 1 N–H and O–H groups in total. The summed E-state index contributed by atoms with van der Waals surface area (Å²) in [6, 6.07) is 8.44. The van der Waals surface area contributed by atoms with Crippen LogP contribution in [-0.4, -0.2) is 35.8 Å². The number of thiazole rings is 1. The molecule has 1 atom stereocenters. The van der Waals surface area contributed by atoms with Crippen molar-refractivity contribution in [3.63, 3.8) is 0 Å². The highest BCUT2D eigenvalue weighted by atomic mass is 32.2. The van der Waals surface area contributed by atoms with Gasteiger partial charge in [-0.2, -0.15) is 0 Å². The molecule has 0 amide bonds. The van der Waals surface area contributed by atoms with Crippen LogP contribution in [-0.2, 0) is 21.4 Å². The molecule has 0 aliphatic carbocycles.